The molecule has 1 atom stereocenters. The molecule has 1 N–H and O–H groups in total. The van der Waals surface area contributed by atoms with Gasteiger partial charge in [0.25, 0.3) is 0 Å². The Kier molecular flexibility index (Phi) is 5.76. The third kappa shape index (κ3) is 4.52. The molecule has 0 heterocycles. The molecule has 19 heavy (non-hydrogen) atoms. The van der Waals surface area contributed by atoms with Gasteiger partial charge < -0.3 is 10.1 Å². The molecule has 1 amide bonds. The lowest BCUT2D eigenvalue weighted by Gasteiger charge is -2.16. The maximum Gasteiger partial charge on any atom is 0.328 e. The van der Waals surface area contributed by atoms with Crippen molar-refractivity contribution in [1.82, 2.24) is 5.32 Å². The first-order valence-corrected chi connectivity index (χ1v) is 6.19. The van der Waals surface area contributed by atoms with Crippen LogP contribution < -0.4 is 5.32 Å². The second kappa shape index (κ2) is 7.09. The fourth-order valence-electron chi connectivity index (χ4n) is 1.64. The average molecular weight is 288 g/mol. The van der Waals surface area contributed by atoms with Crippen LogP contribution in [0.5, 0.6) is 0 Å². The number of carbonyl (C=O) groups excluding carboxylic acids is 2. The van der Waals surface area contributed by atoms with Gasteiger partial charge in [-0.1, -0.05) is 12.1 Å². The Morgan fingerprint density at radius 1 is 1.47 bits per heavy atom. The van der Waals surface area contributed by atoms with Gasteiger partial charge in [0.15, 0.2) is 0 Å². The topological polar surface area (TPSA) is 55.4 Å². The molecule has 0 saturated carbocycles. The number of alkyl halides is 1. The molecule has 0 aliphatic rings. The molecule has 0 unspecified atom stereocenters. The number of amides is 1. The number of aryl methyl sites for hydroxylation is 1. The minimum Gasteiger partial charge on any atom is -0.467 e. The lowest BCUT2D eigenvalue weighted by molar-refractivity contribution is -0.144. The SMILES string of the molecule is COC(=O)[C@@H](Cc1ccc(F)c(C)c1)NC(=O)CCl. The zero-order valence-electron chi connectivity index (χ0n) is 10.7. The van der Waals surface area contributed by atoms with Gasteiger partial charge in [-0.25, -0.2) is 9.18 Å². The Balaban J connectivity index is 2.84. The highest BCUT2D eigenvalue weighted by molar-refractivity contribution is 6.27. The van der Waals surface area contributed by atoms with Gasteiger partial charge in [0.2, 0.25) is 5.91 Å². The van der Waals surface area contributed by atoms with Gasteiger partial charge in [-0.05, 0) is 24.1 Å². The van der Waals surface area contributed by atoms with Gasteiger partial charge in [0.05, 0.1) is 7.11 Å². The van der Waals surface area contributed by atoms with Crippen LogP contribution in [-0.2, 0) is 20.7 Å². The highest BCUT2D eigenvalue weighted by Crippen LogP contribution is 2.11. The van der Waals surface area contributed by atoms with Crippen LogP contribution in [0, 0.1) is 12.7 Å². The van der Waals surface area contributed by atoms with Crippen molar-refractivity contribution >= 4 is 23.5 Å². The van der Waals surface area contributed by atoms with E-state index in [1.807, 2.05) is 0 Å². The maximum absolute atomic E-state index is 13.1. The number of methoxy groups -OCH3 is 1. The first kappa shape index (κ1) is 15.4. The molecule has 4 nitrogen and oxygen atoms in total. The van der Waals surface area contributed by atoms with Crippen molar-refractivity contribution < 1.29 is 18.7 Å². The highest BCUT2D eigenvalue weighted by Gasteiger charge is 2.21. The van der Waals surface area contributed by atoms with Crippen molar-refractivity contribution in [3.05, 3.63) is 35.1 Å². The number of rotatable bonds is 5. The fraction of sp³-hybridized carbons (Fsp3) is 0.385. The molecule has 1 rings (SSSR count). The van der Waals surface area contributed by atoms with Crippen molar-refractivity contribution in [2.24, 2.45) is 0 Å². The monoisotopic (exact) mass is 287 g/mol. The normalized spacial score (nSPS) is 11.8. The van der Waals surface area contributed by atoms with E-state index in [9.17, 15) is 14.0 Å². The van der Waals surface area contributed by atoms with Crippen molar-refractivity contribution in [2.75, 3.05) is 13.0 Å². The van der Waals surface area contributed by atoms with Gasteiger partial charge in [0, 0.05) is 6.42 Å². The summed E-state index contributed by atoms with van der Waals surface area (Å²) >= 11 is 5.38. The Morgan fingerprint density at radius 3 is 2.68 bits per heavy atom. The number of hydrogen-bond donors (Lipinski definition) is 1. The second-order valence-electron chi connectivity index (χ2n) is 4.06. The van der Waals surface area contributed by atoms with Crippen molar-refractivity contribution in [3.63, 3.8) is 0 Å². The third-order valence-electron chi connectivity index (χ3n) is 2.60. The molecule has 0 aromatic heterocycles. The van der Waals surface area contributed by atoms with Crippen LogP contribution in [0.4, 0.5) is 4.39 Å². The van der Waals surface area contributed by atoms with Crippen molar-refractivity contribution in [1.29, 1.82) is 0 Å². The average Bonchev–Trinajstić information content (AvgIpc) is 2.41. The number of nitrogens with one attached hydrogen (secondary N) is 1. The molecule has 1 aromatic carbocycles. The number of hydrogen-bond acceptors (Lipinski definition) is 3. The molecular formula is C13H15ClFNO3. The van der Waals surface area contributed by atoms with Crippen LogP contribution in [0.1, 0.15) is 11.1 Å². The Hall–Kier alpha value is -1.62. The van der Waals surface area contributed by atoms with Crippen molar-refractivity contribution in [3.8, 4) is 0 Å². The minimum absolute atomic E-state index is 0.219. The van der Waals surface area contributed by atoms with E-state index in [4.69, 9.17) is 11.6 Å². The number of carbonyl (C=O) groups is 2. The first-order valence-electron chi connectivity index (χ1n) is 5.66. The van der Waals surface area contributed by atoms with E-state index in [2.05, 4.69) is 10.1 Å². The summed E-state index contributed by atoms with van der Waals surface area (Å²) in [5.41, 5.74) is 1.20. The molecule has 1 aromatic rings. The lowest BCUT2D eigenvalue weighted by Crippen LogP contribution is -2.43. The van der Waals surface area contributed by atoms with Crippen LogP contribution in [0.2, 0.25) is 0 Å². The van der Waals surface area contributed by atoms with E-state index in [1.54, 1.807) is 19.1 Å². The summed E-state index contributed by atoms with van der Waals surface area (Å²) in [5, 5.41) is 2.46. The molecule has 0 saturated heterocycles. The fourth-order valence-corrected chi connectivity index (χ4v) is 1.72. The van der Waals surface area contributed by atoms with E-state index in [-0.39, 0.29) is 18.1 Å². The predicted molar refractivity (Wildman–Crippen MR) is 69.5 cm³/mol. The zero-order valence-corrected chi connectivity index (χ0v) is 11.5. The molecule has 104 valence electrons. The summed E-state index contributed by atoms with van der Waals surface area (Å²) in [6.07, 6.45) is 0.219. The zero-order chi connectivity index (χ0) is 14.4. The van der Waals surface area contributed by atoms with Gasteiger partial charge in [-0.3, -0.25) is 4.79 Å². The van der Waals surface area contributed by atoms with E-state index >= 15 is 0 Å². The number of benzene rings is 1. The summed E-state index contributed by atoms with van der Waals surface area (Å²) in [6, 6.07) is 3.67. The minimum atomic E-state index is -0.832. The van der Waals surface area contributed by atoms with E-state index in [0.717, 1.165) is 5.56 Å². The Morgan fingerprint density at radius 2 is 2.16 bits per heavy atom. The molecule has 0 radical (unpaired) electrons. The largest absolute Gasteiger partial charge is 0.467 e. The second-order valence-corrected chi connectivity index (χ2v) is 4.33. The predicted octanol–water partition coefficient (Wildman–Crippen LogP) is 1.57. The summed E-state index contributed by atoms with van der Waals surface area (Å²) in [6.45, 7) is 1.63. The highest BCUT2D eigenvalue weighted by atomic mass is 35.5. The van der Waals surface area contributed by atoms with Gasteiger partial charge in [0.1, 0.15) is 17.7 Å². The lowest BCUT2D eigenvalue weighted by atomic mass is 10.0. The van der Waals surface area contributed by atoms with E-state index in [0.29, 0.717) is 5.56 Å². The van der Waals surface area contributed by atoms with Crippen LogP contribution in [-0.4, -0.2) is 30.9 Å². The maximum atomic E-state index is 13.1. The number of halogens is 2. The van der Waals surface area contributed by atoms with Gasteiger partial charge >= 0.3 is 5.97 Å². The van der Waals surface area contributed by atoms with E-state index < -0.39 is 17.9 Å². The van der Waals surface area contributed by atoms with Gasteiger partial charge in [-0.2, -0.15) is 0 Å². The standard InChI is InChI=1S/C13H15ClFNO3/c1-8-5-9(3-4-10(8)15)6-11(13(18)19-2)16-12(17)7-14/h3-5,11H,6-7H2,1-2H3,(H,16,17)/t11-/m1/s1. The van der Waals surface area contributed by atoms with Crippen molar-refractivity contribution in [2.45, 2.75) is 19.4 Å². The van der Waals surface area contributed by atoms with Gasteiger partial charge in [-0.15, -0.1) is 11.6 Å². The summed E-state index contributed by atoms with van der Waals surface area (Å²) < 4.78 is 17.8. The smallest absolute Gasteiger partial charge is 0.328 e. The summed E-state index contributed by atoms with van der Waals surface area (Å²) in [4.78, 5) is 22.8. The molecule has 0 aliphatic heterocycles. The molecule has 0 aliphatic carbocycles. The number of esters is 1. The van der Waals surface area contributed by atoms with Crippen LogP contribution >= 0.6 is 11.6 Å². The molecular weight excluding hydrogens is 273 g/mol. The van der Waals surface area contributed by atoms with Crippen LogP contribution in [0.15, 0.2) is 18.2 Å². The molecule has 0 bridgehead atoms. The summed E-state index contributed by atoms with van der Waals surface area (Å²) in [5.74, 6) is -1.59. The summed E-state index contributed by atoms with van der Waals surface area (Å²) in [7, 11) is 1.23. The quantitative estimate of drug-likeness (QED) is 0.661. The van der Waals surface area contributed by atoms with Crippen LogP contribution in [0.3, 0.4) is 0 Å². The Bertz CT molecular complexity index is 479. The molecule has 6 heteroatoms. The first-order chi connectivity index (χ1) is 8.97. The van der Waals surface area contributed by atoms with Crippen LogP contribution in [0.25, 0.3) is 0 Å². The molecule has 0 spiro atoms. The number of ether oxygens (including phenoxy) is 1. The third-order valence-corrected chi connectivity index (χ3v) is 2.85. The Labute approximate surface area is 115 Å². The molecule has 0 fully saturated rings. The van der Waals surface area contributed by atoms with E-state index in [1.165, 1.54) is 13.2 Å².